The van der Waals surface area contributed by atoms with Crippen LogP contribution in [-0.2, 0) is 0 Å². The summed E-state index contributed by atoms with van der Waals surface area (Å²) in [5.41, 5.74) is 1.78. The van der Waals surface area contributed by atoms with Crippen LogP contribution in [0.15, 0.2) is 42.6 Å². The van der Waals surface area contributed by atoms with Crippen LogP contribution in [0.25, 0.3) is 0 Å². The Kier molecular flexibility index (Phi) is 6.51. The minimum Gasteiger partial charge on any atom is -0.370 e. The standard InChI is InChI=1S/C19H24N4O2/c1-4-20-17-13-15(11-12-21-17)18(24)22-16-9-7-14(8-10-16)19(25)23(5-2)6-3/h7-13H,4-6H2,1-3H3,(H,20,21)(H,22,24). The molecule has 0 spiro atoms. The fourth-order valence-electron chi connectivity index (χ4n) is 2.44. The van der Waals surface area contributed by atoms with E-state index < -0.39 is 0 Å². The molecule has 2 rings (SSSR count). The number of nitrogens with zero attached hydrogens (tertiary/aromatic N) is 2. The van der Waals surface area contributed by atoms with Crippen molar-refractivity contribution in [1.29, 1.82) is 0 Å². The van der Waals surface area contributed by atoms with Gasteiger partial charge < -0.3 is 15.5 Å². The van der Waals surface area contributed by atoms with Crippen molar-refractivity contribution in [2.24, 2.45) is 0 Å². The van der Waals surface area contributed by atoms with Gasteiger partial charge >= 0.3 is 0 Å². The predicted molar refractivity (Wildman–Crippen MR) is 100 cm³/mol. The van der Waals surface area contributed by atoms with E-state index in [-0.39, 0.29) is 11.8 Å². The Bertz CT molecular complexity index is 724. The van der Waals surface area contributed by atoms with Gasteiger partial charge in [-0.05, 0) is 57.2 Å². The van der Waals surface area contributed by atoms with Crippen molar-refractivity contribution < 1.29 is 9.59 Å². The Hall–Kier alpha value is -2.89. The summed E-state index contributed by atoms with van der Waals surface area (Å²) in [6.07, 6.45) is 1.60. The van der Waals surface area contributed by atoms with E-state index in [1.165, 1.54) is 0 Å². The molecule has 0 fully saturated rings. The Balaban J connectivity index is 2.07. The van der Waals surface area contributed by atoms with Crippen molar-refractivity contribution in [2.75, 3.05) is 30.3 Å². The third kappa shape index (κ3) is 4.79. The molecule has 0 bridgehead atoms. The molecule has 0 aliphatic carbocycles. The maximum Gasteiger partial charge on any atom is 0.255 e. The van der Waals surface area contributed by atoms with E-state index in [1.807, 2.05) is 20.8 Å². The SMILES string of the molecule is CCNc1cc(C(=O)Nc2ccc(C(=O)N(CC)CC)cc2)ccn1. The Morgan fingerprint density at radius 1 is 1.00 bits per heavy atom. The van der Waals surface area contributed by atoms with Crippen LogP contribution in [0.5, 0.6) is 0 Å². The molecule has 0 saturated heterocycles. The van der Waals surface area contributed by atoms with Crippen LogP contribution in [-0.4, -0.2) is 41.3 Å². The number of amides is 2. The molecule has 2 aromatic rings. The number of anilines is 2. The van der Waals surface area contributed by atoms with E-state index in [0.717, 1.165) is 6.54 Å². The van der Waals surface area contributed by atoms with E-state index in [9.17, 15) is 9.59 Å². The van der Waals surface area contributed by atoms with Crippen LogP contribution >= 0.6 is 0 Å². The summed E-state index contributed by atoms with van der Waals surface area (Å²) in [5, 5.41) is 5.91. The second kappa shape index (κ2) is 8.82. The van der Waals surface area contributed by atoms with Crippen molar-refractivity contribution in [3.05, 3.63) is 53.7 Å². The number of rotatable bonds is 7. The van der Waals surface area contributed by atoms with Crippen LogP contribution < -0.4 is 10.6 Å². The molecule has 6 heteroatoms. The number of pyridine rings is 1. The van der Waals surface area contributed by atoms with Crippen molar-refractivity contribution in [3.63, 3.8) is 0 Å². The highest BCUT2D eigenvalue weighted by molar-refractivity contribution is 6.05. The van der Waals surface area contributed by atoms with Gasteiger partial charge in [0.15, 0.2) is 0 Å². The smallest absolute Gasteiger partial charge is 0.255 e. The summed E-state index contributed by atoms with van der Waals surface area (Å²) < 4.78 is 0. The van der Waals surface area contributed by atoms with Crippen LogP contribution in [0.3, 0.4) is 0 Å². The lowest BCUT2D eigenvalue weighted by Gasteiger charge is -2.18. The highest BCUT2D eigenvalue weighted by atomic mass is 16.2. The van der Waals surface area contributed by atoms with Gasteiger partial charge in [0.25, 0.3) is 11.8 Å². The fraction of sp³-hybridized carbons (Fsp3) is 0.316. The highest BCUT2D eigenvalue weighted by Gasteiger charge is 2.13. The fourth-order valence-corrected chi connectivity index (χ4v) is 2.44. The van der Waals surface area contributed by atoms with E-state index in [4.69, 9.17) is 0 Å². The molecule has 1 aromatic heterocycles. The van der Waals surface area contributed by atoms with Gasteiger partial charge in [-0.2, -0.15) is 0 Å². The molecule has 1 heterocycles. The molecule has 1 aromatic carbocycles. The number of carbonyl (C=O) groups excluding carboxylic acids is 2. The van der Waals surface area contributed by atoms with Gasteiger partial charge in [-0.1, -0.05) is 0 Å². The molecule has 25 heavy (non-hydrogen) atoms. The molecule has 0 atom stereocenters. The Morgan fingerprint density at radius 2 is 1.68 bits per heavy atom. The first-order chi connectivity index (χ1) is 12.1. The van der Waals surface area contributed by atoms with Gasteiger partial charge in [0, 0.05) is 42.6 Å². The average Bonchev–Trinajstić information content (AvgIpc) is 2.64. The molecule has 2 N–H and O–H groups in total. The second-order valence-corrected chi connectivity index (χ2v) is 5.47. The zero-order valence-electron chi connectivity index (χ0n) is 14.9. The average molecular weight is 340 g/mol. The van der Waals surface area contributed by atoms with E-state index >= 15 is 0 Å². The first-order valence-electron chi connectivity index (χ1n) is 8.49. The van der Waals surface area contributed by atoms with Crippen molar-refractivity contribution in [1.82, 2.24) is 9.88 Å². The summed E-state index contributed by atoms with van der Waals surface area (Å²) in [6, 6.07) is 10.3. The molecule has 6 nitrogen and oxygen atoms in total. The largest absolute Gasteiger partial charge is 0.370 e. The maximum absolute atomic E-state index is 12.3. The lowest BCUT2D eigenvalue weighted by atomic mass is 10.1. The molecule has 0 aliphatic rings. The van der Waals surface area contributed by atoms with Gasteiger partial charge in [-0.3, -0.25) is 9.59 Å². The van der Waals surface area contributed by atoms with Gasteiger partial charge in [0.2, 0.25) is 0 Å². The molecule has 0 aliphatic heterocycles. The molecular formula is C19H24N4O2. The third-order valence-electron chi connectivity index (χ3n) is 3.82. The highest BCUT2D eigenvalue weighted by Crippen LogP contribution is 2.14. The number of hydrogen-bond acceptors (Lipinski definition) is 4. The zero-order chi connectivity index (χ0) is 18.2. The second-order valence-electron chi connectivity index (χ2n) is 5.47. The van der Waals surface area contributed by atoms with Gasteiger partial charge in [-0.15, -0.1) is 0 Å². The monoisotopic (exact) mass is 340 g/mol. The number of aromatic nitrogens is 1. The van der Waals surface area contributed by atoms with E-state index in [2.05, 4.69) is 15.6 Å². The van der Waals surface area contributed by atoms with E-state index in [0.29, 0.717) is 35.7 Å². The first kappa shape index (κ1) is 18.4. The van der Waals surface area contributed by atoms with Gasteiger partial charge in [-0.25, -0.2) is 4.98 Å². The number of nitrogens with one attached hydrogen (secondary N) is 2. The van der Waals surface area contributed by atoms with Crippen LogP contribution in [0.4, 0.5) is 11.5 Å². The molecule has 132 valence electrons. The van der Waals surface area contributed by atoms with Crippen LogP contribution in [0.2, 0.25) is 0 Å². The Labute approximate surface area is 148 Å². The van der Waals surface area contributed by atoms with Crippen molar-refractivity contribution in [3.8, 4) is 0 Å². The summed E-state index contributed by atoms with van der Waals surface area (Å²) in [7, 11) is 0. The Morgan fingerprint density at radius 3 is 2.28 bits per heavy atom. The minimum atomic E-state index is -0.218. The van der Waals surface area contributed by atoms with Crippen molar-refractivity contribution in [2.45, 2.75) is 20.8 Å². The number of benzene rings is 1. The summed E-state index contributed by atoms with van der Waals surface area (Å²) in [4.78, 5) is 30.5. The minimum absolute atomic E-state index is 0.00714. The summed E-state index contributed by atoms with van der Waals surface area (Å²) >= 11 is 0. The predicted octanol–water partition coefficient (Wildman–Crippen LogP) is 3.25. The number of carbonyl (C=O) groups is 2. The van der Waals surface area contributed by atoms with Gasteiger partial charge in [0.05, 0.1) is 0 Å². The molecular weight excluding hydrogens is 316 g/mol. The molecule has 0 unspecified atom stereocenters. The van der Waals surface area contributed by atoms with Crippen LogP contribution in [0.1, 0.15) is 41.5 Å². The van der Waals surface area contributed by atoms with Crippen LogP contribution in [0, 0.1) is 0 Å². The normalized spacial score (nSPS) is 10.2. The molecule has 0 saturated carbocycles. The van der Waals surface area contributed by atoms with E-state index in [1.54, 1.807) is 47.5 Å². The number of hydrogen-bond donors (Lipinski definition) is 2. The third-order valence-corrected chi connectivity index (χ3v) is 3.82. The zero-order valence-corrected chi connectivity index (χ0v) is 14.9. The maximum atomic E-state index is 12.3. The quantitative estimate of drug-likeness (QED) is 0.811. The summed E-state index contributed by atoms with van der Waals surface area (Å²) in [5.74, 6) is 0.437. The topological polar surface area (TPSA) is 74.3 Å². The lowest BCUT2D eigenvalue weighted by molar-refractivity contribution is 0.0773. The molecule has 0 radical (unpaired) electrons. The van der Waals surface area contributed by atoms with Gasteiger partial charge in [0.1, 0.15) is 5.82 Å². The summed E-state index contributed by atoms with van der Waals surface area (Å²) in [6.45, 7) is 7.95. The first-order valence-corrected chi connectivity index (χ1v) is 8.49. The molecule has 2 amide bonds. The lowest BCUT2D eigenvalue weighted by Crippen LogP contribution is -2.30. The van der Waals surface area contributed by atoms with Crippen molar-refractivity contribution >= 4 is 23.3 Å².